The minimum absolute atomic E-state index is 0.165. The van der Waals surface area contributed by atoms with Crippen LogP contribution < -0.4 is 0 Å². The molecule has 0 aromatic heterocycles. The Morgan fingerprint density at radius 2 is 2.19 bits per heavy atom. The van der Waals surface area contributed by atoms with Gasteiger partial charge in [0, 0.05) is 0 Å². The van der Waals surface area contributed by atoms with Gasteiger partial charge in [-0.1, -0.05) is 30.7 Å². The van der Waals surface area contributed by atoms with Crippen molar-refractivity contribution in [2.24, 2.45) is 11.8 Å². The first-order valence-corrected chi connectivity index (χ1v) is 6.52. The van der Waals surface area contributed by atoms with Crippen LogP contribution in [0.3, 0.4) is 0 Å². The number of allylic oxidation sites excluding steroid dienone is 4. The van der Waals surface area contributed by atoms with Crippen molar-refractivity contribution < 1.29 is 4.74 Å². The van der Waals surface area contributed by atoms with Gasteiger partial charge in [-0.05, 0) is 51.9 Å². The molecule has 3 atom stereocenters. The molecule has 0 amide bonds. The zero-order chi connectivity index (χ0) is 11.8. The Kier molecular flexibility index (Phi) is 3.25. The third-order valence-corrected chi connectivity index (χ3v) is 4.10. The lowest BCUT2D eigenvalue weighted by molar-refractivity contribution is 0.306. The van der Waals surface area contributed by atoms with Crippen molar-refractivity contribution in [1.29, 1.82) is 0 Å². The highest BCUT2D eigenvalue weighted by Crippen LogP contribution is 2.40. The normalized spacial score (nSPS) is 33.4. The van der Waals surface area contributed by atoms with Crippen LogP contribution in [0.4, 0.5) is 0 Å². The highest BCUT2D eigenvalue weighted by Gasteiger charge is 2.47. The molecule has 0 bridgehead atoms. The molecule has 0 N–H and O–H groups in total. The van der Waals surface area contributed by atoms with Crippen LogP contribution in [0, 0.1) is 11.8 Å². The van der Waals surface area contributed by atoms with Crippen LogP contribution in [-0.4, -0.2) is 11.7 Å². The Morgan fingerprint density at radius 3 is 2.69 bits per heavy atom. The van der Waals surface area contributed by atoms with Crippen molar-refractivity contribution in [1.82, 2.24) is 0 Å². The van der Waals surface area contributed by atoms with E-state index in [0.29, 0.717) is 6.10 Å². The van der Waals surface area contributed by atoms with Gasteiger partial charge in [0.1, 0.15) is 0 Å². The summed E-state index contributed by atoms with van der Waals surface area (Å²) in [6.45, 7) is 8.93. The highest BCUT2D eigenvalue weighted by atomic mass is 16.6. The summed E-state index contributed by atoms with van der Waals surface area (Å²) >= 11 is 0. The summed E-state index contributed by atoms with van der Waals surface area (Å²) in [6, 6.07) is 0. The molecule has 90 valence electrons. The van der Waals surface area contributed by atoms with Crippen LogP contribution >= 0.6 is 0 Å². The highest BCUT2D eigenvalue weighted by molar-refractivity contribution is 5.21. The predicted molar refractivity (Wildman–Crippen MR) is 68.4 cm³/mol. The van der Waals surface area contributed by atoms with Crippen molar-refractivity contribution in [2.75, 3.05) is 0 Å². The molecular weight excluding hydrogens is 196 g/mol. The number of ether oxygens (including phenoxy) is 1. The van der Waals surface area contributed by atoms with E-state index in [1.54, 1.807) is 0 Å². The van der Waals surface area contributed by atoms with Gasteiger partial charge in [0.25, 0.3) is 0 Å². The van der Waals surface area contributed by atoms with E-state index < -0.39 is 0 Å². The van der Waals surface area contributed by atoms with Gasteiger partial charge in [0.2, 0.25) is 0 Å². The average molecular weight is 220 g/mol. The molecule has 1 heterocycles. The summed E-state index contributed by atoms with van der Waals surface area (Å²) in [5, 5.41) is 0. The standard InChI is InChI=1S/C15H24O/c1-11-5-8-13(9-6-11)12(2)7-10-14-15(3,4)16-14/h5-6,8,12-14H,7,9-10H2,1-4H3/t12-,13+,14-/m0/s1. The van der Waals surface area contributed by atoms with Gasteiger partial charge in [-0.2, -0.15) is 0 Å². The van der Waals surface area contributed by atoms with Crippen molar-refractivity contribution in [3.63, 3.8) is 0 Å². The lowest BCUT2D eigenvalue weighted by atomic mass is 9.83. The van der Waals surface area contributed by atoms with E-state index in [-0.39, 0.29) is 5.60 Å². The number of rotatable bonds is 4. The molecule has 1 nitrogen and oxygen atoms in total. The first-order chi connectivity index (χ1) is 7.49. The third-order valence-electron chi connectivity index (χ3n) is 4.10. The first kappa shape index (κ1) is 11.9. The van der Waals surface area contributed by atoms with E-state index in [1.165, 1.54) is 24.8 Å². The SMILES string of the molecule is CC1=CC[C@H]([C@@H](C)CC[C@@H]2OC2(C)C)C=C1. The molecule has 1 aliphatic carbocycles. The van der Waals surface area contributed by atoms with Gasteiger partial charge in [0.15, 0.2) is 0 Å². The van der Waals surface area contributed by atoms with E-state index in [4.69, 9.17) is 4.74 Å². The molecule has 16 heavy (non-hydrogen) atoms. The average Bonchev–Trinajstić information content (AvgIpc) is 2.84. The minimum Gasteiger partial charge on any atom is -0.367 e. The molecule has 0 aromatic rings. The second kappa shape index (κ2) is 4.37. The maximum absolute atomic E-state index is 5.63. The van der Waals surface area contributed by atoms with Crippen LogP contribution in [-0.2, 0) is 4.74 Å². The van der Waals surface area contributed by atoms with Gasteiger partial charge < -0.3 is 4.74 Å². The molecular formula is C15H24O. The first-order valence-electron chi connectivity index (χ1n) is 6.52. The minimum atomic E-state index is 0.165. The van der Waals surface area contributed by atoms with E-state index in [1.807, 2.05) is 0 Å². The van der Waals surface area contributed by atoms with Crippen LogP contribution in [0.1, 0.15) is 47.0 Å². The summed E-state index contributed by atoms with van der Waals surface area (Å²) < 4.78 is 5.63. The Hall–Kier alpha value is -0.560. The fraction of sp³-hybridized carbons (Fsp3) is 0.733. The second-order valence-corrected chi connectivity index (χ2v) is 5.97. The molecule has 1 fully saturated rings. The Labute approximate surface area is 99.6 Å². The Balaban J connectivity index is 1.73. The van der Waals surface area contributed by atoms with E-state index in [9.17, 15) is 0 Å². The van der Waals surface area contributed by atoms with E-state index in [2.05, 4.69) is 45.9 Å². The van der Waals surface area contributed by atoms with Crippen molar-refractivity contribution in [2.45, 2.75) is 58.7 Å². The molecule has 1 heteroatoms. The summed E-state index contributed by atoms with van der Waals surface area (Å²) in [7, 11) is 0. The lowest BCUT2D eigenvalue weighted by Crippen LogP contribution is -2.13. The summed E-state index contributed by atoms with van der Waals surface area (Å²) in [4.78, 5) is 0. The number of hydrogen-bond acceptors (Lipinski definition) is 1. The molecule has 2 aliphatic rings. The van der Waals surface area contributed by atoms with Crippen molar-refractivity contribution in [3.8, 4) is 0 Å². The Morgan fingerprint density at radius 1 is 1.50 bits per heavy atom. The summed E-state index contributed by atoms with van der Waals surface area (Å²) in [5.74, 6) is 1.52. The monoisotopic (exact) mass is 220 g/mol. The van der Waals surface area contributed by atoms with Crippen LogP contribution in [0.2, 0.25) is 0 Å². The van der Waals surface area contributed by atoms with Crippen LogP contribution in [0.15, 0.2) is 23.8 Å². The maximum Gasteiger partial charge on any atom is 0.0892 e. The fourth-order valence-corrected chi connectivity index (χ4v) is 2.53. The molecule has 0 radical (unpaired) electrons. The quantitative estimate of drug-likeness (QED) is 0.650. The fourth-order valence-electron chi connectivity index (χ4n) is 2.53. The van der Waals surface area contributed by atoms with Gasteiger partial charge in [0.05, 0.1) is 11.7 Å². The number of epoxide rings is 1. The molecule has 1 saturated heterocycles. The molecule has 2 rings (SSSR count). The summed E-state index contributed by atoms with van der Waals surface area (Å²) in [6.07, 6.45) is 11.3. The van der Waals surface area contributed by atoms with Gasteiger partial charge in [-0.15, -0.1) is 0 Å². The molecule has 0 unspecified atom stereocenters. The largest absolute Gasteiger partial charge is 0.367 e. The van der Waals surface area contributed by atoms with E-state index >= 15 is 0 Å². The summed E-state index contributed by atoms with van der Waals surface area (Å²) in [5.41, 5.74) is 1.58. The zero-order valence-electron chi connectivity index (χ0n) is 11.0. The molecule has 0 spiro atoms. The molecule has 1 aliphatic heterocycles. The number of hydrogen-bond donors (Lipinski definition) is 0. The van der Waals surface area contributed by atoms with Gasteiger partial charge >= 0.3 is 0 Å². The van der Waals surface area contributed by atoms with Gasteiger partial charge in [-0.25, -0.2) is 0 Å². The van der Waals surface area contributed by atoms with Gasteiger partial charge in [-0.3, -0.25) is 0 Å². The predicted octanol–water partition coefficient (Wildman–Crippen LogP) is 4.10. The van der Waals surface area contributed by atoms with Crippen molar-refractivity contribution in [3.05, 3.63) is 23.8 Å². The van der Waals surface area contributed by atoms with E-state index in [0.717, 1.165) is 11.8 Å². The second-order valence-electron chi connectivity index (χ2n) is 5.97. The zero-order valence-corrected chi connectivity index (χ0v) is 11.0. The molecule has 0 aromatic carbocycles. The third kappa shape index (κ3) is 2.76. The van der Waals surface area contributed by atoms with Crippen molar-refractivity contribution >= 4 is 0 Å². The lowest BCUT2D eigenvalue weighted by Gasteiger charge is -2.22. The topological polar surface area (TPSA) is 12.5 Å². The maximum atomic E-state index is 5.63. The molecule has 0 saturated carbocycles. The smallest absolute Gasteiger partial charge is 0.0892 e. The van der Waals surface area contributed by atoms with Crippen LogP contribution in [0.5, 0.6) is 0 Å². The Bertz CT molecular complexity index is 311. The van der Waals surface area contributed by atoms with Crippen LogP contribution in [0.25, 0.3) is 0 Å².